The van der Waals surface area contributed by atoms with E-state index in [1.165, 1.54) is 18.5 Å². The molecule has 2 aliphatic rings. The summed E-state index contributed by atoms with van der Waals surface area (Å²) in [5, 5.41) is 9.97. The van der Waals surface area contributed by atoms with Gasteiger partial charge >= 0.3 is 0 Å². The Morgan fingerprint density at radius 3 is 2.28 bits per heavy atom. The average Bonchev–Trinajstić information content (AvgIpc) is 2.86. The molecule has 0 amide bonds. The molecule has 1 aliphatic heterocycles. The first-order valence-electron chi connectivity index (χ1n) is 7.07. The minimum atomic E-state index is -0.0896. The lowest BCUT2D eigenvalue weighted by molar-refractivity contribution is 0.0671. The van der Waals surface area contributed by atoms with Crippen molar-refractivity contribution < 1.29 is 5.11 Å². The lowest BCUT2D eigenvalue weighted by Gasteiger charge is -2.40. The Hall–Kier alpha value is -1.06. The molecule has 3 rings (SSSR count). The van der Waals surface area contributed by atoms with Crippen LogP contribution in [0.2, 0.25) is 0 Å². The maximum atomic E-state index is 9.97. The van der Waals surface area contributed by atoms with Crippen molar-refractivity contribution in [1.82, 2.24) is 4.90 Å². The highest BCUT2D eigenvalue weighted by Gasteiger charge is 2.32. The number of hydrogen-bond acceptors (Lipinski definition) is 3. The number of aliphatic hydroxyl groups is 1. The van der Waals surface area contributed by atoms with Gasteiger partial charge in [0.05, 0.1) is 6.10 Å². The Balaban J connectivity index is 1.58. The Morgan fingerprint density at radius 2 is 1.67 bits per heavy atom. The van der Waals surface area contributed by atoms with E-state index in [0.717, 1.165) is 32.6 Å². The molecule has 1 aromatic carbocycles. The molecular weight excluding hydrogens is 224 g/mol. The highest BCUT2D eigenvalue weighted by atomic mass is 16.3. The second kappa shape index (κ2) is 5.29. The largest absolute Gasteiger partial charge is 0.391 e. The summed E-state index contributed by atoms with van der Waals surface area (Å²) in [5.74, 6) is 0. The van der Waals surface area contributed by atoms with Gasteiger partial charge in [0.15, 0.2) is 0 Å². The van der Waals surface area contributed by atoms with E-state index in [1.807, 2.05) is 0 Å². The van der Waals surface area contributed by atoms with Gasteiger partial charge in [-0.25, -0.2) is 0 Å². The summed E-state index contributed by atoms with van der Waals surface area (Å²) in [5.41, 5.74) is 1.32. The highest BCUT2D eigenvalue weighted by Crippen LogP contribution is 2.26. The molecule has 0 radical (unpaired) electrons. The molecule has 0 aromatic heterocycles. The minimum Gasteiger partial charge on any atom is -0.391 e. The van der Waals surface area contributed by atoms with Crippen molar-refractivity contribution in [1.29, 1.82) is 0 Å². The second-order valence-corrected chi connectivity index (χ2v) is 5.42. The maximum absolute atomic E-state index is 9.97. The normalized spacial score (nSPS) is 29.7. The van der Waals surface area contributed by atoms with Crippen molar-refractivity contribution >= 4 is 5.69 Å². The van der Waals surface area contributed by atoms with E-state index in [4.69, 9.17) is 0 Å². The lowest BCUT2D eigenvalue weighted by atomic mass is 10.1. The van der Waals surface area contributed by atoms with Crippen LogP contribution in [0.5, 0.6) is 0 Å². The van der Waals surface area contributed by atoms with E-state index < -0.39 is 0 Å². The third-order valence-electron chi connectivity index (χ3n) is 4.35. The smallest absolute Gasteiger partial charge is 0.0695 e. The van der Waals surface area contributed by atoms with Crippen LogP contribution in [0.1, 0.15) is 19.3 Å². The predicted molar refractivity (Wildman–Crippen MR) is 73.9 cm³/mol. The molecule has 2 atom stereocenters. The average molecular weight is 246 g/mol. The number of hydrogen-bond donors (Lipinski definition) is 1. The maximum Gasteiger partial charge on any atom is 0.0695 e. The number of aliphatic hydroxyl groups excluding tert-OH is 1. The van der Waals surface area contributed by atoms with E-state index in [9.17, 15) is 5.11 Å². The van der Waals surface area contributed by atoms with Crippen LogP contribution in [0, 0.1) is 0 Å². The van der Waals surface area contributed by atoms with Crippen LogP contribution < -0.4 is 4.90 Å². The molecule has 0 spiro atoms. The monoisotopic (exact) mass is 246 g/mol. The van der Waals surface area contributed by atoms with E-state index in [-0.39, 0.29) is 6.10 Å². The molecule has 3 heteroatoms. The summed E-state index contributed by atoms with van der Waals surface area (Å²) < 4.78 is 0. The summed E-state index contributed by atoms with van der Waals surface area (Å²) >= 11 is 0. The van der Waals surface area contributed by atoms with Crippen molar-refractivity contribution in [2.75, 3.05) is 31.1 Å². The molecule has 1 aliphatic carbocycles. The number of piperazine rings is 1. The van der Waals surface area contributed by atoms with Crippen LogP contribution >= 0.6 is 0 Å². The summed E-state index contributed by atoms with van der Waals surface area (Å²) in [4.78, 5) is 4.93. The molecule has 1 aromatic rings. The quantitative estimate of drug-likeness (QED) is 0.861. The Kier molecular flexibility index (Phi) is 3.52. The van der Waals surface area contributed by atoms with Gasteiger partial charge in [-0.2, -0.15) is 0 Å². The number of rotatable bonds is 2. The van der Waals surface area contributed by atoms with Gasteiger partial charge in [0, 0.05) is 37.9 Å². The molecule has 1 saturated carbocycles. The zero-order valence-corrected chi connectivity index (χ0v) is 10.8. The summed E-state index contributed by atoms with van der Waals surface area (Å²) in [6, 6.07) is 11.0. The Labute approximate surface area is 109 Å². The number of benzene rings is 1. The van der Waals surface area contributed by atoms with Gasteiger partial charge < -0.3 is 10.0 Å². The highest BCUT2D eigenvalue weighted by molar-refractivity contribution is 5.46. The Morgan fingerprint density at radius 1 is 0.944 bits per heavy atom. The SMILES string of the molecule is O[C@H]1CCC[C@@H]1N1CCN(c2ccccc2)CC1. The van der Waals surface area contributed by atoms with Crippen LogP contribution in [-0.4, -0.2) is 48.3 Å². The van der Waals surface area contributed by atoms with E-state index in [0.29, 0.717) is 6.04 Å². The van der Waals surface area contributed by atoms with Gasteiger partial charge in [0.1, 0.15) is 0 Å². The first kappa shape index (κ1) is 12.0. The molecule has 1 heterocycles. The van der Waals surface area contributed by atoms with Crippen molar-refractivity contribution in [3.8, 4) is 0 Å². The molecule has 1 saturated heterocycles. The predicted octanol–water partition coefficient (Wildman–Crippen LogP) is 1.72. The van der Waals surface area contributed by atoms with Crippen molar-refractivity contribution in [2.24, 2.45) is 0 Å². The fourth-order valence-electron chi connectivity index (χ4n) is 3.30. The fraction of sp³-hybridized carbons (Fsp3) is 0.600. The van der Waals surface area contributed by atoms with Gasteiger partial charge in [-0.05, 0) is 31.4 Å². The third kappa shape index (κ3) is 2.38. The molecule has 0 unspecified atom stereocenters. The van der Waals surface area contributed by atoms with Crippen molar-refractivity contribution in [3.05, 3.63) is 30.3 Å². The summed E-state index contributed by atoms with van der Waals surface area (Å²) in [6.07, 6.45) is 3.26. The molecule has 0 bridgehead atoms. The van der Waals surface area contributed by atoms with Gasteiger partial charge in [0.25, 0.3) is 0 Å². The molecular formula is C15H22N2O. The fourth-order valence-corrected chi connectivity index (χ4v) is 3.30. The first-order valence-corrected chi connectivity index (χ1v) is 7.07. The zero-order chi connectivity index (χ0) is 12.4. The molecule has 98 valence electrons. The van der Waals surface area contributed by atoms with Crippen LogP contribution in [0.25, 0.3) is 0 Å². The number of anilines is 1. The van der Waals surface area contributed by atoms with Gasteiger partial charge in [-0.15, -0.1) is 0 Å². The van der Waals surface area contributed by atoms with Crippen molar-refractivity contribution in [2.45, 2.75) is 31.4 Å². The van der Waals surface area contributed by atoms with Crippen LogP contribution in [0.15, 0.2) is 30.3 Å². The lowest BCUT2D eigenvalue weighted by Crippen LogP contribution is -2.52. The van der Waals surface area contributed by atoms with Gasteiger partial charge in [-0.3, -0.25) is 4.90 Å². The molecule has 2 fully saturated rings. The third-order valence-corrected chi connectivity index (χ3v) is 4.35. The molecule has 18 heavy (non-hydrogen) atoms. The van der Waals surface area contributed by atoms with Gasteiger partial charge in [-0.1, -0.05) is 18.2 Å². The van der Waals surface area contributed by atoms with Crippen molar-refractivity contribution in [3.63, 3.8) is 0 Å². The topological polar surface area (TPSA) is 26.7 Å². The molecule has 3 nitrogen and oxygen atoms in total. The van der Waals surface area contributed by atoms with Crippen LogP contribution in [-0.2, 0) is 0 Å². The van der Waals surface area contributed by atoms with E-state index in [2.05, 4.69) is 40.1 Å². The zero-order valence-electron chi connectivity index (χ0n) is 10.8. The minimum absolute atomic E-state index is 0.0896. The number of nitrogens with zero attached hydrogens (tertiary/aromatic N) is 2. The first-order chi connectivity index (χ1) is 8.84. The standard InChI is InChI=1S/C15H22N2O/c18-15-8-4-7-14(15)17-11-9-16(10-12-17)13-5-2-1-3-6-13/h1-3,5-6,14-15,18H,4,7-12H2/t14-,15-/m0/s1. The van der Waals surface area contributed by atoms with E-state index >= 15 is 0 Å². The summed E-state index contributed by atoms with van der Waals surface area (Å²) in [6.45, 7) is 4.31. The van der Waals surface area contributed by atoms with Crippen LogP contribution in [0.3, 0.4) is 0 Å². The Bertz CT molecular complexity index is 373. The van der Waals surface area contributed by atoms with Gasteiger partial charge in [0.2, 0.25) is 0 Å². The molecule has 1 N–H and O–H groups in total. The van der Waals surface area contributed by atoms with E-state index in [1.54, 1.807) is 0 Å². The second-order valence-electron chi connectivity index (χ2n) is 5.42. The summed E-state index contributed by atoms with van der Waals surface area (Å²) in [7, 11) is 0. The van der Waals surface area contributed by atoms with Crippen LogP contribution in [0.4, 0.5) is 5.69 Å². The number of para-hydroxylation sites is 1.